The molecule has 0 aromatic heterocycles. The van der Waals surface area contributed by atoms with Gasteiger partial charge in [0.1, 0.15) is 5.82 Å². The monoisotopic (exact) mass is 340 g/mol. The van der Waals surface area contributed by atoms with Gasteiger partial charge < -0.3 is 10.2 Å². The second kappa shape index (κ2) is 8.11. The highest BCUT2D eigenvalue weighted by Gasteiger charge is 2.34. The number of likely N-dealkylation sites (N-methyl/N-ethyl adjacent to an activating group) is 1. The Hall–Kier alpha value is -1.13. The number of piperidine rings is 1. The van der Waals surface area contributed by atoms with Gasteiger partial charge in [-0.25, -0.2) is 4.39 Å². The van der Waals surface area contributed by atoms with Crippen LogP contribution in [0.4, 0.5) is 4.39 Å². The van der Waals surface area contributed by atoms with Crippen LogP contribution in [0.25, 0.3) is 0 Å². The summed E-state index contributed by atoms with van der Waals surface area (Å²) in [6.07, 6.45) is 6.29. The van der Waals surface area contributed by atoms with Crippen LogP contribution in [0.5, 0.6) is 0 Å². The predicted octanol–water partition coefficient (Wildman–Crippen LogP) is 3.17. The van der Waals surface area contributed by atoms with Crippen LogP contribution in [0.1, 0.15) is 37.7 Å². The summed E-state index contributed by atoms with van der Waals surface area (Å²) < 4.78 is 12.9. The molecule has 0 spiro atoms. The molecule has 2 saturated heterocycles. The molecule has 5 heteroatoms. The number of halogens is 2. The van der Waals surface area contributed by atoms with E-state index < -0.39 is 0 Å². The number of rotatable bonds is 5. The topological polar surface area (TPSA) is 32.3 Å². The van der Waals surface area contributed by atoms with Gasteiger partial charge in [-0.15, -0.1) is 12.4 Å². The number of carbonyl (C=O) groups excluding carboxylic acids is 1. The molecular formula is C18H26ClFN2O. The third-order valence-electron chi connectivity index (χ3n) is 5.11. The predicted molar refractivity (Wildman–Crippen MR) is 92.3 cm³/mol. The molecule has 2 aliphatic rings. The van der Waals surface area contributed by atoms with Gasteiger partial charge in [-0.2, -0.15) is 0 Å². The average molecular weight is 341 g/mol. The summed E-state index contributed by atoms with van der Waals surface area (Å²) >= 11 is 0. The number of nitrogens with one attached hydrogen (secondary N) is 1. The zero-order chi connectivity index (χ0) is 15.5. The first-order valence-corrected chi connectivity index (χ1v) is 8.34. The Morgan fingerprint density at radius 3 is 2.43 bits per heavy atom. The largest absolute Gasteiger partial charge is 0.345 e. The minimum Gasteiger partial charge on any atom is -0.345 e. The molecule has 2 unspecified atom stereocenters. The van der Waals surface area contributed by atoms with Crippen molar-refractivity contribution in [1.29, 1.82) is 0 Å². The zero-order valence-corrected chi connectivity index (χ0v) is 14.4. The third-order valence-corrected chi connectivity index (χ3v) is 5.11. The quantitative estimate of drug-likeness (QED) is 0.893. The normalized spacial score (nSPS) is 25.7. The smallest absolute Gasteiger partial charge is 0.222 e. The van der Waals surface area contributed by atoms with Gasteiger partial charge in [-0.3, -0.25) is 4.79 Å². The molecule has 128 valence electrons. The molecule has 23 heavy (non-hydrogen) atoms. The standard InChI is InChI=1S/C18H25FN2O.ClH/c1-21(9-8-13-2-4-15(19)5-3-13)18(22)12-14-10-16-6-7-17(11-14)20-16;/h2-5,14,16-17,20H,6-12H2,1H3;1H. The SMILES string of the molecule is CN(CCc1ccc(F)cc1)C(=O)CC1CC2CCC(C1)N2.Cl. The van der Waals surface area contributed by atoms with Gasteiger partial charge in [-0.1, -0.05) is 12.1 Å². The van der Waals surface area contributed by atoms with Crippen molar-refractivity contribution >= 4 is 18.3 Å². The van der Waals surface area contributed by atoms with Crippen molar-refractivity contribution < 1.29 is 9.18 Å². The fourth-order valence-electron chi connectivity index (χ4n) is 3.82. The Morgan fingerprint density at radius 1 is 1.22 bits per heavy atom. The highest BCUT2D eigenvalue weighted by Crippen LogP contribution is 2.32. The van der Waals surface area contributed by atoms with E-state index in [0.717, 1.165) is 24.8 Å². The van der Waals surface area contributed by atoms with E-state index in [4.69, 9.17) is 0 Å². The Bertz CT molecular complexity index is 510. The molecule has 1 amide bonds. The van der Waals surface area contributed by atoms with Crippen LogP contribution in [0.2, 0.25) is 0 Å². The van der Waals surface area contributed by atoms with E-state index in [9.17, 15) is 9.18 Å². The van der Waals surface area contributed by atoms with Gasteiger partial charge >= 0.3 is 0 Å². The van der Waals surface area contributed by atoms with E-state index in [-0.39, 0.29) is 24.1 Å². The molecule has 0 aliphatic carbocycles. The fourth-order valence-corrected chi connectivity index (χ4v) is 3.82. The second-order valence-electron chi connectivity index (χ2n) is 6.87. The number of hydrogen-bond donors (Lipinski definition) is 1. The van der Waals surface area contributed by atoms with Crippen molar-refractivity contribution in [3.8, 4) is 0 Å². The number of carbonyl (C=O) groups is 1. The Kier molecular flexibility index (Phi) is 6.42. The van der Waals surface area contributed by atoms with Crippen molar-refractivity contribution in [1.82, 2.24) is 10.2 Å². The van der Waals surface area contributed by atoms with E-state index in [1.54, 1.807) is 12.1 Å². The molecule has 3 nitrogen and oxygen atoms in total. The molecule has 1 N–H and O–H groups in total. The summed E-state index contributed by atoms with van der Waals surface area (Å²) in [6, 6.07) is 7.81. The summed E-state index contributed by atoms with van der Waals surface area (Å²) in [5, 5.41) is 3.62. The van der Waals surface area contributed by atoms with Gasteiger partial charge in [0.2, 0.25) is 5.91 Å². The number of hydrogen-bond acceptors (Lipinski definition) is 2. The van der Waals surface area contributed by atoms with Crippen LogP contribution in [0, 0.1) is 11.7 Å². The minimum atomic E-state index is -0.214. The zero-order valence-electron chi connectivity index (χ0n) is 13.6. The lowest BCUT2D eigenvalue weighted by Gasteiger charge is -2.30. The highest BCUT2D eigenvalue weighted by molar-refractivity contribution is 5.85. The van der Waals surface area contributed by atoms with Crippen LogP contribution in [0.3, 0.4) is 0 Å². The number of benzene rings is 1. The van der Waals surface area contributed by atoms with Crippen LogP contribution in [0.15, 0.2) is 24.3 Å². The molecule has 2 aliphatic heterocycles. The van der Waals surface area contributed by atoms with Crippen LogP contribution >= 0.6 is 12.4 Å². The number of amides is 1. The summed E-state index contributed by atoms with van der Waals surface area (Å²) in [4.78, 5) is 14.2. The highest BCUT2D eigenvalue weighted by atomic mass is 35.5. The summed E-state index contributed by atoms with van der Waals surface area (Å²) in [5.41, 5.74) is 1.07. The van der Waals surface area contributed by atoms with Crippen molar-refractivity contribution in [3.63, 3.8) is 0 Å². The molecule has 2 atom stereocenters. The summed E-state index contributed by atoms with van der Waals surface area (Å²) in [5.74, 6) is 0.571. The molecule has 1 aromatic carbocycles. The van der Waals surface area contributed by atoms with Gasteiger partial charge in [0.25, 0.3) is 0 Å². The van der Waals surface area contributed by atoms with E-state index in [1.807, 2.05) is 11.9 Å². The molecule has 0 radical (unpaired) electrons. The number of nitrogens with zero attached hydrogens (tertiary/aromatic N) is 1. The first-order chi connectivity index (χ1) is 10.6. The van der Waals surface area contributed by atoms with Crippen molar-refractivity contribution in [2.45, 2.75) is 50.6 Å². The van der Waals surface area contributed by atoms with Crippen molar-refractivity contribution in [2.24, 2.45) is 5.92 Å². The first kappa shape index (κ1) is 18.2. The molecule has 2 bridgehead atoms. The van der Waals surface area contributed by atoms with Crippen LogP contribution < -0.4 is 5.32 Å². The van der Waals surface area contributed by atoms with Gasteiger partial charge in [0, 0.05) is 32.1 Å². The van der Waals surface area contributed by atoms with E-state index in [0.29, 0.717) is 31.0 Å². The van der Waals surface area contributed by atoms with E-state index >= 15 is 0 Å². The van der Waals surface area contributed by atoms with Gasteiger partial charge in [0.05, 0.1) is 0 Å². The molecule has 2 fully saturated rings. The lowest BCUT2D eigenvalue weighted by Crippen LogP contribution is -2.40. The molecular weight excluding hydrogens is 315 g/mol. The summed E-state index contributed by atoms with van der Waals surface area (Å²) in [7, 11) is 1.88. The van der Waals surface area contributed by atoms with Crippen LogP contribution in [-0.2, 0) is 11.2 Å². The van der Waals surface area contributed by atoms with E-state index in [1.165, 1.54) is 25.0 Å². The maximum Gasteiger partial charge on any atom is 0.222 e. The maximum atomic E-state index is 12.9. The third kappa shape index (κ3) is 4.92. The first-order valence-electron chi connectivity index (χ1n) is 8.34. The maximum absolute atomic E-state index is 12.9. The fraction of sp³-hybridized carbons (Fsp3) is 0.611. The van der Waals surface area contributed by atoms with Gasteiger partial charge in [-0.05, 0) is 55.7 Å². The van der Waals surface area contributed by atoms with E-state index in [2.05, 4.69) is 5.32 Å². The molecule has 2 heterocycles. The van der Waals surface area contributed by atoms with Gasteiger partial charge in [0.15, 0.2) is 0 Å². The average Bonchev–Trinajstić information content (AvgIpc) is 2.85. The molecule has 3 rings (SSSR count). The Morgan fingerprint density at radius 2 is 1.83 bits per heavy atom. The van der Waals surface area contributed by atoms with Crippen molar-refractivity contribution in [3.05, 3.63) is 35.6 Å². The second-order valence-corrected chi connectivity index (χ2v) is 6.87. The molecule has 0 saturated carbocycles. The Balaban J connectivity index is 0.00000192. The lowest BCUT2D eigenvalue weighted by atomic mass is 9.89. The molecule has 1 aromatic rings. The summed E-state index contributed by atoms with van der Waals surface area (Å²) in [6.45, 7) is 0.697. The number of fused-ring (bicyclic) bond motifs is 2. The van der Waals surface area contributed by atoms with Crippen molar-refractivity contribution in [2.75, 3.05) is 13.6 Å². The lowest BCUT2D eigenvalue weighted by molar-refractivity contribution is -0.131. The Labute approximate surface area is 144 Å². The van der Waals surface area contributed by atoms with Crippen LogP contribution in [-0.4, -0.2) is 36.5 Å². The minimum absolute atomic E-state index is 0.